The van der Waals surface area contributed by atoms with Gasteiger partial charge in [0.1, 0.15) is 0 Å². The Hall–Kier alpha value is -1.81. The third kappa shape index (κ3) is 2.70. The number of aromatic nitrogens is 1. The van der Waals surface area contributed by atoms with Crippen LogP contribution >= 0.6 is 0 Å². The number of H-pyrrole nitrogens is 1. The molecule has 1 aromatic carbocycles. The Morgan fingerprint density at radius 3 is 3.10 bits per heavy atom. The van der Waals surface area contributed by atoms with Crippen molar-refractivity contribution in [1.82, 2.24) is 9.88 Å². The maximum atomic E-state index is 11.1. The minimum atomic E-state index is -0.651. The van der Waals surface area contributed by atoms with Crippen molar-refractivity contribution >= 4 is 16.9 Å². The van der Waals surface area contributed by atoms with Gasteiger partial charge in [0.2, 0.25) is 0 Å². The molecular formula is C16H20N2O2. The second-order valence-electron chi connectivity index (χ2n) is 5.59. The number of likely N-dealkylation sites (tertiary alicyclic amines) is 1. The third-order valence-electron chi connectivity index (χ3n) is 4.23. The Morgan fingerprint density at radius 2 is 2.25 bits per heavy atom. The second kappa shape index (κ2) is 5.67. The minimum Gasteiger partial charge on any atom is -0.481 e. The van der Waals surface area contributed by atoms with Crippen molar-refractivity contribution in [2.75, 3.05) is 19.6 Å². The number of para-hydroxylation sites is 1. The number of nitrogens with one attached hydrogen (secondary N) is 1. The molecule has 1 unspecified atom stereocenters. The van der Waals surface area contributed by atoms with Crippen LogP contribution in [0.25, 0.3) is 10.9 Å². The summed E-state index contributed by atoms with van der Waals surface area (Å²) < 4.78 is 0. The van der Waals surface area contributed by atoms with Crippen LogP contribution in [0.15, 0.2) is 30.5 Å². The van der Waals surface area contributed by atoms with E-state index in [2.05, 4.69) is 34.3 Å². The number of benzene rings is 1. The Morgan fingerprint density at radius 1 is 1.40 bits per heavy atom. The van der Waals surface area contributed by atoms with Crippen molar-refractivity contribution in [3.8, 4) is 0 Å². The highest BCUT2D eigenvalue weighted by Crippen LogP contribution is 2.20. The van der Waals surface area contributed by atoms with E-state index in [9.17, 15) is 4.79 Å². The molecule has 106 valence electrons. The van der Waals surface area contributed by atoms with Gasteiger partial charge in [0.05, 0.1) is 5.92 Å². The Kier molecular flexibility index (Phi) is 3.74. The number of fused-ring (bicyclic) bond motifs is 1. The van der Waals surface area contributed by atoms with E-state index < -0.39 is 5.97 Å². The van der Waals surface area contributed by atoms with Crippen LogP contribution in [-0.4, -0.2) is 40.6 Å². The van der Waals surface area contributed by atoms with Gasteiger partial charge in [-0.25, -0.2) is 0 Å². The molecule has 1 saturated heterocycles. The largest absolute Gasteiger partial charge is 0.481 e. The summed E-state index contributed by atoms with van der Waals surface area (Å²) in [5.74, 6) is -0.839. The summed E-state index contributed by atoms with van der Waals surface area (Å²) in [5.41, 5.74) is 2.49. The molecule has 0 radical (unpaired) electrons. The lowest BCUT2D eigenvalue weighted by atomic mass is 9.98. The number of aromatic amines is 1. The number of hydrogen-bond donors (Lipinski definition) is 2. The molecule has 0 aliphatic carbocycles. The van der Waals surface area contributed by atoms with Gasteiger partial charge in [0.25, 0.3) is 0 Å². The quantitative estimate of drug-likeness (QED) is 0.899. The monoisotopic (exact) mass is 272 g/mol. The summed E-state index contributed by atoms with van der Waals surface area (Å²) in [7, 11) is 0. The van der Waals surface area contributed by atoms with Crippen molar-refractivity contribution in [2.45, 2.75) is 19.3 Å². The van der Waals surface area contributed by atoms with Crippen molar-refractivity contribution < 1.29 is 9.90 Å². The van der Waals surface area contributed by atoms with Gasteiger partial charge in [0.15, 0.2) is 0 Å². The van der Waals surface area contributed by atoms with Gasteiger partial charge in [-0.3, -0.25) is 4.79 Å². The predicted octanol–water partition coefficient (Wildman–Crippen LogP) is 2.51. The fourth-order valence-corrected chi connectivity index (χ4v) is 3.08. The van der Waals surface area contributed by atoms with E-state index in [0.29, 0.717) is 6.54 Å². The molecule has 0 amide bonds. The lowest BCUT2D eigenvalue weighted by Gasteiger charge is -2.30. The maximum Gasteiger partial charge on any atom is 0.307 e. The fourth-order valence-electron chi connectivity index (χ4n) is 3.08. The lowest BCUT2D eigenvalue weighted by molar-refractivity contribution is -0.143. The molecule has 1 fully saturated rings. The molecule has 3 rings (SSSR count). The SMILES string of the molecule is O=C(O)C1CCCN(CCc2c[nH]c3ccccc23)C1. The molecule has 2 aromatic rings. The molecule has 0 bridgehead atoms. The zero-order valence-electron chi connectivity index (χ0n) is 11.5. The van der Waals surface area contributed by atoms with Crippen LogP contribution in [0.1, 0.15) is 18.4 Å². The zero-order valence-corrected chi connectivity index (χ0v) is 11.5. The van der Waals surface area contributed by atoms with Crippen LogP contribution in [0.5, 0.6) is 0 Å². The minimum absolute atomic E-state index is 0.188. The van der Waals surface area contributed by atoms with Gasteiger partial charge in [-0.1, -0.05) is 18.2 Å². The molecule has 4 nitrogen and oxygen atoms in total. The van der Waals surface area contributed by atoms with Crippen molar-refractivity contribution in [3.05, 3.63) is 36.0 Å². The van der Waals surface area contributed by atoms with Gasteiger partial charge >= 0.3 is 5.97 Å². The van der Waals surface area contributed by atoms with Crippen LogP contribution < -0.4 is 0 Å². The average Bonchev–Trinajstić information content (AvgIpc) is 2.89. The maximum absolute atomic E-state index is 11.1. The number of carboxylic acid groups (broad SMARTS) is 1. The smallest absolute Gasteiger partial charge is 0.307 e. The highest BCUT2D eigenvalue weighted by atomic mass is 16.4. The lowest BCUT2D eigenvalue weighted by Crippen LogP contribution is -2.39. The van der Waals surface area contributed by atoms with Crippen LogP contribution in [-0.2, 0) is 11.2 Å². The van der Waals surface area contributed by atoms with E-state index in [4.69, 9.17) is 5.11 Å². The van der Waals surface area contributed by atoms with Gasteiger partial charge in [-0.15, -0.1) is 0 Å². The van der Waals surface area contributed by atoms with E-state index in [-0.39, 0.29) is 5.92 Å². The first kappa shape index (κ1) is 13.2. The Balaban J connectivity index is 1.63. The van der Waals surface area contributed by atoms with Crippen LogP contribution in [0, 0.1) is 5.92 Å². The number of rotatable bonds is 4. The van der Waals surface area contributed by atoms with Crippen molar-refractivity contribution in [2.24, 2.45) is 5.92 Å². The van der Waals surface area contributed by atoms with Crippen molar-refractivity contribution in [3.63, 3.8) is 0 Å². The summed E-state index contributed by atoms with van der Waals surface area (Å²) in [6.07, 6.45) is 4.85. The molecule has 4 heteroatoms. The summed E-state index contributed by atoms with van der Waals surface area (Å²) in [4.78, 5) is 16.6. The Labute approximate surface area is 118 Å². The summed E-state index contributed by atoms with van der Waals surface area (Å²) >= 11 is 0. The van der Waals surface area contributed by atoms with E-state index in [1.54, 1.807) is 0 Å². The summed E-state index contributed by atoms with van der Waals surface area (Å²) in [6, 6.07) is 8.31. The number of piperidine rings is 1. The first-order valence-electron chi connectivity index (χ1n) is 7.24. The summed E-state index contributed by atoms with van der Waals surface area (Å²) in [6.45, 7) is 2.65. The normalized spacial score (nSPS) is 20.3. The van der Waals surface area contributed by atoms with Crippen molar-refractivity contribution in [1.29, 1.82) is 0 Å². The number of carbonyl (C=O) groups is 1. The van der Waals surface area contributed by atoms with Crippen LogP contribution in [0.4, 0.5) is 0 Å². The fraction of sp³-hybridized carbons (Fsp3) is 0.438. The molecule has 1 aromatic heterocycles. The molecule has 2 heterocycles. The number of nitrogens with zero attached hydrogens (tertiary/aromatic N) is 1. The van der Waals surface area contributed by atoms with E-state index in [1.807, 2.05) is 6.07 Å². The zero-order chi connectivity index (χ0) is 13.9. The van der Waals surface area contributed by atoms with Crippen LogP contribution in [0.2, 0.25) is 0 Å². The molecule has 1 atom stereocenters. The van der Waals surface area contributed by atoms with Gasteiger partial charge in [0, 0.05) is 30.2 Å². The van der Waals surface area contributed by atoms with Crippen LogP contribution in [0.3, 0.4) is 0 Å². The average molecular weight is 272 g/mol. The molecule has 0 spiro atoms. The third-order valence-corrected chi connectivity index (χ3v) is 4.23. The molecule has 1 aliphatic heterocycles. The summed E-state index contributed by atoms with van der Waals surface area (Å²) in [5, 5.41) is 10.4. The highest BCUT2D eigenvalue weighted by molar-refractivity contribution is 5.83. The first-order valence-corrected chi connectivity index (χ1v) is 7.24. The number of hydrogen-bond acceptors (Lipinski definition) is 2. The second-order valence-corrected chi connectivity index (χ2v) is 5.59. The molecule has 0 saturated carbocycles. The number of aliphatic carboxylic acids is 1. The topological polar surface area (TPSA) is 56.3 Å². The highest BCUT2D eigenvalue weighted by Gasteiger charge is 2.24. The van der Waals surface area contributed by atoms with Gasteiger partial charge < -0.3 is 15.0 Å². The first-order chi connectivity index (χ1) is 9.74. The standard InChI is InChI=1S/C16H20N2O2/c19-16(20)13-4-3-8-18(11-13)9-7-12-10-17-15-6-2-1-5-14(12)15/h1-2,5-6,10,13,17H,3-4,7-9,11H2,(H,19,20). The van der Waals surface area contributed by atoms with E-state index >= 15 is 0 Å². The van der Waals surface area contributed by atoms with Gasteiger partial charge in [-0.05, 0) is 37.4 Å². The Bertz CT molecular complexity index is 605. The molecular weight excluding hydrogens is 252 g/mol. The number of carboxylic acids is 1. The van der Waals surface area contributed by atoms with E-state index in [1.165, 1.54) is 16.5 Å². The molecule has 1 aliphatic rings. The molecule has 2 N–H and O–H groups in total. The van der Waals surface area contributed by atoms with E-state index in [0.717, 1.165) is 32.4 Å². The molecule has 20 heavy (non-hydrogen) atoms. The predicted molar refractivity (Wildman–Crippen MR) is 78.8 cm³/mol. The van der Waals surface area contributed by atoms with Gasteiger partial charge in [-0.2, -0.15) is 0 Å².